The van der Waals surface area contributed by atoms with E-state index in [1.54, 1.807) is 4.90 Å². The van der Waals surface area contributed by atoms with E-state index >= 15 is 0 Å². The van der Waals surface area contributed by atoms with E-state index in [1.165, 1.54) is 0 Å². The lowest BCUT2D eigenvalue weighted by atomic mass is 9.87. The van der Waals surface area contributed by atoms with Crippen LogP contribution in [0.15, 0.2) is 0 Å². The van der Waals surface area contributed by atoms with Gasteiger partial charge >= 0.3 is 5.97 Å². The lowest BCUT2D eigenvalue weighted by Gasteiger charge is -2.45. The van der Waals surface area contributed by atoms with E-state index < -0.39 is 0 Å². The molecule has 0 radical (unpaired) electrons. The van der Waals surface area contributed by atoms with Gasteiger partial charge in [0.2, 0.25) is 5.91 Å². The molecule has 2 saturated heterocycles. The molecule has 2 aliphatic heterocycles. The average molecular weight is 297 g/mol. The van der Waals surface area contributed by atoms with Crippen molar-refractivity contribution in [3.05, 3.63) is 0 Å². The number of amides is 1. The van der Waals surface area contributed by atoms with Crippen LogP contribution in [0.1, 0.15) is 32.6 Å². The number of likely N-dealkylation sites (N-methyl/N-ethyl adjacent to an activating group) is 1. The molecule has 0 aliphatic carbocycles. The van der Waals surface area contributed by atoms with E-state index in [4.69, 9.17) is 4.74 Å². The number of rotatable bonds is 4. The van der Waals surface area contributed by atoms with E-state index in [2.05, 4.69) is 17.3 Å². The summed E-state index contributed by atoms with van der Waals surface area (Å²) in [6, 6.07) is 0. The molecular formula is C15H27N3O3. The topological polar surface area (TPSA) is 61.9 Å². The zero-order chi connectivity index (χ0) is 15.3. The summed E-state index contributed by atoms with van der Waals surface area (Å²) >= 11 is 0. The Morgan fingerprint density at radius 3 is 2.90 bits per heavy atom. The maximum atomic E-state index is 12.2. The summed E-state index contributed by atoms with van der Waals surface area (Å²) in [5.41, 5.74) is 0.0516. The van der Waals surface area contributed by atoms with Gasteiger partial charge in [-0.15, -0.1) is 0 Å². The number of carbonyl (C=O) groups is 2. The molecule has 0 aromatic rings. The van der Waals surface area contributed by atoms with Gasteiger partial charge in [0.15, 0.2) is 0 Å². The van der Waals surface area contributed by atoms with Crippen molar-refractivity contribution in [2.75, 3.05) is 46.4 Å². The van der Waals surface area contributed by atoms with Gasteiger partial charge in [-0.1, -0.05) is 6.92 Å². The highest BCUT2D eigenvalue weighted by atomic mass is 16.5. The zero-order valence-electron chi connectivity index (χ0n) is 13.2. The minimum absolute atomic E-state index is 0.0516. The van der Waals surface area contributed by atoms with Gasteiger partial charge < -0.3 is 15.0 Å². The highest BCUT2D eigenvalue weighted by Crippen LogP contribution is 2.29. The monoisotopic (exact) mass is 297 g/mol. The second kappa shape index (κ2) is 7.22. The first kappa shape index (κ1) is 16.2. The molecule has 120 valence electrons. The van der Waals surface area contributed by atoms with E-state index in [1.807, 2.05) is 6.92 Å². The molecule has 2 fully saturated rings. The van der Waals surface area contributed by atoms with Crippen molar-refractivity contribution >= 4 is 11.9 Å². The second-order valence-corrected chi connectivity index (χ2v) is 6.11. The molecule has 0 aromatic carbocycles. The fourth-order valence-electron chi connectivity index (χ4n) is 3.17. The Morgan fingerprint density at radius 2 is 2.19 bits per heavy atom. The van der Waals surface area contributed by atoms with Crippen molar-refractivity contribution in [2.45, 2.75) is 38.1 Å². The van der Waals surface area contributed by atoms with E-state index in [0.717, 1.165) is 38.9 Å². The average Bonchev–Trinajstić information content (AvgIpc) is 2.63. The van der Waals surface area contributed by atoms with E-state index in [0.29, 0.717) is 19.6 Å². The maximum absolute atomic E-state index is 12.2. The smallest absolute Gasteiger partial charge is 0.325 e. The van der Waals surface area contributed by atoms with Crippen molar-refractivity contribution in [1.82, 2.24) is 15.1 Å². The van der Waals surface area contributed by atoms with Gasteiger partial charge in [-0.05, 0) is 26.3 Å². The van der Waals surface area contributed by atoms with E-state index in [9.17, 15) is 9.59 Å². The summed E-state index contributed by atoms with van der Waals surface area (Å²) in [5, 5.41) is 3.44. The Labute approximate surface area is 126 Å². The summed E-state index contributed by atoms with van der Waals surface area (Å²) in [6.45, 7) is 6.03. The van der Waals surface area contributed by atoms with Crippen LogP contribution in [0.2, 0.25) is 0 Å². The van der Waals surface area contributed by atoms with Crippen molar-refractivity contribution < 1.29 is 14.3 Å². The number of nitrogens with zero attached hydrogens (tertiary/aromatic N) is 2. The molecular weight excluding hydrogens is 270 g/mol. The zero-order valence-corrected chi connectivity index (χ0v) is 13.2. The third-order valence-electron chi connectivity index (χ3n) is 4.68. The minimum Gasteiger partial charge on any atom is -0.464 e. The lowest BCUT2D eigenvalue weighted by molar-refractivity contribution is -0.149. The van der Waals surface area contributed by atoms with Crippen LogP contribution in [0, 0.1) is 0 Å². The molecule has 2 aliphatic rings. The third-order valence-corrected chi connectivity index (χ3v) is 4.68. The van der Waals surface area contributed by atoms with Gasteiger partial charge in [-0.25, -0.2) is 0 Å². The SMILES string of the molecule is CCCOC(=O)CN1CCC2(CCC1=O)CNCCN2C. The molecule has 1 N–H and O–H groups in total. The molecule has 1 spiro atoms. The third kappa shape index (κ3) is 3.95. The van der Waals surface area contributed by atoms with Crippen LogP contribution in [0.3, 0.4) is 0 Å². The molecule has 6 nitrogen and oxygen atoms in total. The first-order valence-corrected chi connectivity index (χ1v) is 7.93. The van der Waals surface area contributed by atoms with E-state index in [-0.39, 0.29) is 24.0 Å². The summed E-state index contributed by atoms with van der Waals surface area (Å²) < 4.78 is 5.09. The molecule has 21 heavy (non-hydrogen) atoms. The predicted octanol–water partition coefficient (Wildman–Crippen LogP) is 0.226. The molecule has 1 amide bonds. The number of esters is 1. The maximum Gasteiger partial charge on any atom is 0.325 e. The Hall–Kier alpha value is -1.14. The summed E-state index contributed by atoms with van der Waals surface area (Å²) in [7, 11) is 2.14. The summed E-state index contributed by atoms with van der Waals surface area (Å²) in [6.07, 6.45) is 3.07. The molecule has 0 bridgehead atoms. The van der Waals surface area contributed by atoms with Crippen molar-refractivity contribution in [1.29, 1.82) is 0 Å². The highest BCUT2D eigenvalue weighted by molar-refractivity contribution is 5.82. The summed E-state index contributed by atoms with van der Waals surface area (Å²) in [5.74, 6) is -0.226. The van der Waals surface area contributed by atoms with Crippen LogP contribution in [-0.2, 0) is 14.3 Å². The first-order chi connectivity index (χ1) is 10.1. The van der Waals surface area contributed by atoms with Gasteiger partial charge in [0.05, 0.1) is 6.61 Å². The molecule has 6 heteroatoms. The normalized spacial score (nSPS) is 27.7. The Balaban J connectivity index is 1.94. The number of piperazine rings is 1. The number of carbonyl (C=O) groups excluding carboxylic acids is 2. The number of ether oxygens (including phenoxy) is 1. The largest absolute Gasteiger partial charge is 0.464 e. The van der Waals surface area contributed by atoms with Crippen LogP contribution in [0.5, 0.6) is 0 Å². The van der Waals surface area contributed by atoms with Crippen molar-refractivity contribution in [2.24, 2.45) is 0 Å². The van der Waals surface area contributed by atoms with Crippen LogP contribution >= 0.6 is 0 Å². The van der Waals surface area contributed by atoms with Crippen LogP contribution in [0.4, 0.5) is 0 Å². The quantitative estimate of drug-likeness (QED) is 0.753. The summed E-state index contributed by atoms with van der Waals surface area (Å²) in [4.78, 5) is 28.0. The molecule has 0 saturated carbocycles. The van der Waals surface area contributed by atoms with Gasteiger partial charge in [0.25, 0.3) is 0 Å². The van der Waals surface area contributed by atoms with Crippen LogP contribution < -0.4 is 5.32 Å². The van der Waals surface area contributed by atoms with Crippen LogP contribution in [-0.4, -0.2) is 73.6 Å². The molecule has 1 unspecified atom stereocenters. The van der Waals surface area contributed by atoms with Gasteiger partial charge in [-0.2, -0.15) is 0 Å². The Kier molecular flexibility index (Phi) is 5.58. The Bertz CT molecular complexity index is 388. The highest BCUT2D eigenvalue weighted by Gasteiger charge is 2.40. The van der Waals surface area contributed by atoms with Gasteiger partial charge in [0.1, 0.15) is 6.54 Å². The molecule has 2 heterocycles. The number of likely N-dealkylation sites (tertiary alicyclic amines) is 1. The number of nitrogens with one attached hydrogen (secondary N) is 1. The predicted molar refractivity (Wildman–Crippen MR) is 79.9 cm³/mol. The van der Waals surface area contributed by atoms with Gasteiger partial charge in [0, 0.05) is 38.1 Å². The van der Waals surface area contributed by atoms with Crippen molar-refractivity contribution in [3.8, 4) is 0 Å². The molecule has 0 aromatic heterocycles. The fraction of sp³-hybridized carbons (Fsp3) is 0.867. The first-order valence-electron chi connectivity index (χ1n) is 7.93. The lowest BCUT2D eigenvalue weighted by Crippen LogP contribution is -2.59. The standard InChI is InChI=1S/C15H27N3O3/c1-3-10-21-14(20)11-18-8-6-15(5-4-13(18)19)12-16-7-9-17(15)2/h16H,3-12H2,1-2H3. The Morgan fingerprint density at radius 1 is 1.38 bits per heavy atom. The molecule has 1 atom stereocenters. The minimum atomic E-state index is -0.295. The number of hydrogen-bond acceptors (Lipinski definition) is 5. The van der Waals surface area contributed by atoms with Gasteiger partial charge in [-0.3, -0.25) is 14.5 Å². The van der Waals surface area contributed by atoms with Crippen molar-refractivity contribution in [3.63, 3.8) is 0 Å². The number of hydrogen-bond donors (Lipinski definition) is 1. The fourth-order valence-corrected chi connectivity index (χ4v) is 3.17. The van der Waals surface area contributed by atoms with Crippen LogP contribution in [0.25, 0.3) is 0 Å². The second-order valence-electron chi connectivity index (χ2n) is 6.11. The molecule has 2 rings (SSSR count).